The molecular formula is C28H22O3. The summed E-state index contributed by atoms with van der Waals surface area (Å²) >= 11 is 0. The minimum absolute atomic E-state index is 0.309. The molecule has 0 unspecified atom stereocenters. The smallest absolute Gasteiger partial charge is 0.338 e. The van der Waals surface area contributed by atoms with Gasteiger partial charge in [0, 0.05) is 22.1 Å². The molecule has 0 aromatic heterocycles. The summed E-state index contributed by atoms with van der Waals surface area (Å²) in [7, 11) is 0. The molecule has 0 N–H and O–H groups in total. The van der Waals surface area contributed by atoms with Crippen LogP contribution < -0.4 is 4.74 Å². The highest BCUT2D eigenvalue weighted by Gasteiger charge is 2.41. The van der Waals surface area contributed by atoms with Gasteiger partial charge in [0.15, 0.2) is 5.60 Å². The van der Waals surface area contributed by atoms with Gasteiger partial charge in [0.25, 0.3) is 0 Å². The molecule has 1 heterocycles. The van der Waals surface area contributed by atoms with Gasteiger partial charge in [0.2, 0.25) is 0 Å². The first kappa shape index (κ1) is 19.1. The van der Waals surface area contributed by atoms with Gasteiger partial charge < -0.3 is 9.47 Å². The van der Waals surface area contributed by atoms with Crippen molar-refractivity contribution in [2.75, 3.05) is 6.61 Å². The van der Waals surface area contributed by atoms with Crippen LogP contribution in [0.5, 0.6) is 5.75 Å². The maximum atomic E-state index is 13.1. The average molecular weight is 406 g/mol. The van der Waals surface area contributed by atoms with Gasteiger partial charge >= 0.3 is 5.97 Å². The van der Waals surface area contributed by atoms with Crippen molar-refractivity contribution in [3.8, 4) is 5.75 Å². The number of hydrogen-bond acceptors (Lipinski definition) is 3. The van der Waals surface area contributed by atoms with Crippen LogP contribution in [0.4, 0.5) is 0 Å². The van der Waals surface area contributed by atoms with Gasteiger partial charge in [-0.2, -0.15) is 0 Å². The lowest BCUT2D eigenvalue weighted by molar-refractivity contribution is -0.136. The Labute approximate surface area is 181 Å². The Morgan fingerprint density at radius 3 is 2.06 bits per heavy atom. The molecule has 152 valence electrons. The Morgan fingerprint density at radius 2 is 1.42 bits per heavy atom. The number of ether oxygens (including phenoxy) is 2. The third kappa shape index (κ3) is 3.19. The highest BCUT2D eigenvalue weighted by Crippen LogP contribution is 2.48. The normalized spacial score (nSPS) is 14.3. The van der Waals surface area contributed by atoms with Crippen LogP contribution in [0.1, 0.15) is 23.6 Å². The number of hydrogen-bond donors (Lipinski definition) is 0. The van der Waals surface area contributed by atoms with Gasteiger partial charge in [-0.15, -0.1) is 0 Å². The van der Waals surface area contributed by atoms with Gasteiger partial charge in [-0.1, -0.05) is 91.0 Å². The second-order valence-corrected chi connectivity index (χ2v) is 7.51. The van der Waals surface area contributed by atoms with Crippen molar-refractivity contribution >= 4 is 22.3 Å². The van der Waals surface area contributed by atoms with E-state index in [-0.39, 0.29) is 5.97 Å². The Morgan fingerprint density at radius 1 is 0.806 bits per heavy atom. The Balaban J connectivity index is 1.85. The molecule has 0 bridgehead atoms. The van der Waals surface area contributed by atoms with E-state index in [0.717, 1.165) is 27.5 Å². The van der Waals surface area contributed by atoms with Gasteiger partial charge in [-0.3, -0.25) is 0 Å². The summed E-state index contributed by atoms with van der Waals surface area (Å²) in [5, 5.41) is 2.02. The molecule has 5 rings (SSSR count). The molecule has 0 atom stereocenters. The average Bonchev–Trinajstić information content (AvgIpc) is 2.84. The molecule has 4 aromatic rings. The predicted octanol–water partition coefficient (Wildman–Crippen LogP) is 6.12. The van der Waals surface area contributed by atoms with Crippen LogP contribution in [-0.4, -0.2) is 12.6 Å². The highest BCUT2D eigenvalue weighted by atomic mass is 16.5. The van der Waals surface area contributed by atoms with Crippen molar-refractivity contribution in [3.05, 3.63) is 120 Å². The van der Waals surface area contributed by atoms with Crippen molar-refractivity contribution < 1.29 is 14.3 Å². The second-order valence-electron chi connectivity index (χ2n) is 7.51. The molecule has 4 aromatic carbocycles. The fourth-order valence-corrected chi connectivity index (χ4v) is 4.24. The summed E-state index contributed by atoms with van der Waals surface area (Å²) in [4.78, 5) is 13.1. The van der Waals surface area contributed by atoms with E-state index in [1.165, 1.54) is 0 Å². The topological polar surface area (TPSA) is 35.5 Å². The standard InChI is InChI=1S/C28H22O3/c1-2-30-27(29)25-19-28(21-12-5-3-6-13-21,22-14-7-4-8-15-22)31-26-23-16-10-9-11-20(23)17-18-24(25)26/h3-19H,2H2,1H3. The van der Waals surface area contributed by atoms with E-state index in [2.05, 4.69) is 0 Å². The molecule has 3 heteroatoms. The number of rotatable bonds is 4. The van der Waals surface area contributed by atoms with Crippen LogP contribution in [-0.2, 0) is 15.1 Å². The quantitative estimate of drug-likeness (QED) is 0.383. The summed E-state index contributed by atoms with van der Waals surface area (Å²) in [6.45, 7) is 2.13. The summed E-state index contributed by atoms with van der Waals surface area (Å²) in [5.74, 6) is 0.343. The lowest BCUT2D eigenvalue weighted by Crippen LogP contribution is -2.36. The number of carbonyl (C=O) groups is 1. The molecule has 31 heavy (non-hydrogen) atoms. The molecule has 0 aliphatic carbocycles. The van der Waals surface area contributed by atoms with E-state index in [9.17, 15) is 4.79 Å². The van der Waals surface area contributed by atoms with Crippen molar-refractivity contribution in [2.24, 2.45) is 0 Å². The van der Waals surface area contributed by atoms with E-state index >= 15 is 0 Å². The van der Waals surface area contributed by atoms with E-state index in [1.807, 2.05) is 110 Å². The minimum Gasteiger partial charge on any atom is -0.472 e. The zero-order chi connectivity index (χ0) is 21.3. The number of carbonyl (C=O) groups excluding carboxylic acids is 1. The molecule has 3 nitrogen and oxygen atoms in total. The predicted molar refractivity (Wildman–Crippen MR) is 123 cm³/mol. The molecule has 0 fully saturated rings. The van der Waals surface area contributed by atoms with E-state index in [0.29, 0.717) is 17.9 Å². The first-order valence-electron chi connectivity index (χ1n) is 10.4. The number of esters is 1. The number of fused-ring (bicyclic) bond motifs is 3. The zero-order valence-corrected chi connectivity index (χ0v) is 17.2. The lowest BCUT2D eigenvalue weighted by Gasteiger charge is -2.38. The zero-order valence-electron chi connectivity index (χ0n) is 17.2. The summed E-state index contributed by atoms with van der Waals surface area (Å²) in [5.41, 5.74) is 2.20. The molecular weight excluding hydrogens is 384 g/mol. The van der Waals surface area contributed by atoms with Gasteiger partial charge in [0.05, 0.1) is 12.2 Å². The molecule has 0 saturated heterocycles. The third-order valence-corrected chi connectivity index (χ3v) is 5.68. The summed E-state index contributed by atoms with van der Waals surface area (Å²) < 4.78 is 12.3. The maximum absolute atomic E-state index is 13.1. The first-order valence-corrected chi connectivity index (χ1v) is 10.4. The second kappa shape index (κ2) is 7.77. The van der Waals surface area contributed by atoms with E-state index in [4.69, 9.17) is 9.47 Å². The fraction of sp³-hybridized carbons (Fsp3) is 0.107. The largest absolute Gasteiger partial charge is 0.472 e. The van der Waals surface area contributed by atoms with Crippen LogP contribution in [0, 0.1) is 0 Å². The van der Waals surface area contributed by atoms with Crippen molar-refractivity contribution in [1.29, 1.82) is 0 Å². The Kier molecular flexibility index (Phi) is 4.79. The van der Waals surface area contributed by atoms with Crippen LogP contribution in [0.25, 0.3) is 16.3 Å². The van der Waals surface area contributed by atoms with Crippen LogP contribution in [0.3, 0.4) is 0 Å². The summed E-state index contributed by atoms with van der Waals surface area (Å²) in [6.07, 6.45) is 1.91. The van der Waals surface area contributed by atoms with Gasteiger partial charge in [0.1, 0.15) is 5.75 Å². The Hall–Kier alpha value is -3.85. The SMILES string of the molecule is CCOC(=O)C1=CC(c2ccccc2)(c2ccccc2)Oc2c1ccc1ccccc21. The van der Waals surface area contributed by atoms with Crippen molar-refractivity contribution in [2.45, 2.75) is 12.5 Å². The Bertz CT molecular complexity index is 1230. The minimum atomic E-state index is -0.957. The third-order valence-electron chi connectivity index (χ3n) is 5.68. The van der Waals surface area contributed by atoms with Crippen LogP contribution in [0.15, 0.2) is 103 Å². The van der Waals surface area contributed by atoms with E-state index < -0.39 is 5.60 Å². The van der Waals surface area contributed by atoms with Crippen LogP contribution >= 0.6 is 0 Å². The molecule has 0 amide bonds. The van der Waals surface area contributed by atoms with E-state index in [1.54, 1.807) is 0 Å². The van der Waals surface area contributed by atoms with Gasteiger partial charge in [-0.25, -0.2) is 4.79 Å². The molecule has 1 aliphatic heterocycles. The molecule has 1 aliphatic rings. The first-order chi connectivity index (χ1) is 15.2. The summed E-state index contributed by atoms with van der Waals surface area (Å²) in [6, 6.07) is 32.0. The van der Waals surface area contributed by atoms with Crippen molar-refractivity contribution in [1.82, 2.24) is 0 Å². The van der Waals surface area contributed by atoms with Gasteiger partial charge in [-0.05, 0) is 24.5 Å². The van der Waals surface area contributed by atoms with Crippen molar-refractivity contribution in [3.63, 3.8) is 0 Å². The molecule has 0 saturated carbocycles. The molecule has 0 spiro atoms. The number of benzene rings is 4. The monoisotopic (exact) mass is 406 g/mol. The fourth-order valence-electron chi connectivity index (χ4n) is 4.24. The lowest BCUT2D eigenvalue weighted by atomic mass is 9.81. The maximum Gasteiger partial charge on any atom is 0.338 e. The van der Waals surface area contributed by atoms with Crippen LogP contribution in [0.2, 0.25) is 0 Å². The highest BCUT2D eigenvalue weighted by molar-refractivity contribution is 6.19. The molecule has 0 radical (unpaired) electrons.